The molecule has 2 aromatic rings. The SMILES string of the molecule is CC1CC(CN(CCCn2ccnc2)Cc2cccnc2)NN1. The first kappa shape index (κ1) is 16.1. The van der Waals surface area contributed by atoms with Gasteiger partial charge >= 0.3 is 0 Å². The zero-order chi connectivity index (χ0) is 15.9. The van der Waals surface area contributed by atoms with Gasteiger partial charge in [0.1, 0.15) is 0 Å². The van der Waals surface area contributed by atoms with E-state index in [-0.39, 0.29) is 0 Å². The monoisotopic (exact) mass is 314 g/mol. The number of hydrogen-bond acceptors (Lipinski definition) is 5. The van der Waals surface area contributed by atoms with Crippen LogP contribution in [0.4, 0.5) is 0 Å². The molecule has 0 bridgehead atoms. The van der Waals surface area contributed by atoms with Crippen LogP contribution in [0.25, 0.3) is 0 Å². The quantitative estimate of drug-likeness (QED) is 0.772. The highest BCUT2D eigenvalue weighted by molar-refractivity contribution is 5.08. The lowest BCUT2D eigenvalue weighted by molar-refractivity contribution is 0.231. The average molecular weight is 314 g/mol. The molecule has 0 radical (unpaired) electrons. The lowest BCUT2D eigenvalue weighted by Crippen LogP contribution is -2.41. The van der Waals surface area contributed by atoms with Crippen LogP contribution < -0.4 is 10.9 Å². The van der Waals surface area contributed by atoms with Crippen LogP contribution in [0.3, 0.4) is 0 Å². The van der Waals surface area contributed by atoms with E-state index in [2.05, 4.69) is 43.3 Å². The number of imidazole rings is 1. The Labute approximate surface area is 137 Å². The minimum absolute atomic E-state index is 0.509. The first-order valence-electron chi connectivity index (χ1n) is 8.37. The van der Waals surface area contributed by atoms with Crippen molar-refractivity contribution in [3.8, 4) is 0 Å². The third-order valence-corrected chi connectivity index (χ3v) is 4.23. The Morgan fingerprint density at radius 3 is 2.96 bits per heavy atom. The number of rotatable bonds is 8. The van der Waals surface area contributed by atoms with E-state index < -0.39 is 0 Å². The van der Waals surface area contributed by atoms with Gasteiger partial charge in [-0.25, -0.2) is 4.98 Å². The maximum atomic E-state index is 4.24. The zero-order valence-corrected chi connectivity index (χ0v) is 13.7. The maximum absolute atomic E-state index is 4.24. The van der Waals surface area contributed by atoms with Gasteiger partial charge in [-0.15, -0.1) is 0 Å². The Bertz CT molecular complexity index is 556. The third kappa shape index (κ3) is 5.13. The molecule has 1 aliphatic heterocycles. The van der Waals surface area contributed by atoms with Gasteiger partial charge < -0.3 is 4.57 Å². The molecule has 0 spiro atoms. The van der Waals surface area contributed by atoms with Gasteiger partial charge in [0.15, 0.2) is 0 Å². The molecule has 0 aliphatic carbocycles. The lowest BCUT2D eigenvalue weighted by Gasteiger charge is -2.25. The topological polar surface area (TPSA) is 58.0 Å². The second-order valence-electron chi connectivity index (χ2n) is 6.37. The summed E-state index contributed by atoms with van der Waals surface area (Å²) >= 11 is 0. The molecule has 0 saturated carbocycles. The van der Waals surface area contributed by atoms with E-state index in [1.54, 1.807) is 0 Å². The summed E-state index contributed by atoms with van der Waals surface area (Å²) in [6.07, 6.45) is 11.8. The molecule has 3 rings (SSSR count). The molecule has 6 heteroatoms. The van der Waals surface area contributed by atoms with Crippen molar-refractivity contribution in [2.24, 2.45) is 0 Å². The number of nitrogens with zero attached hydrogens (tertiary/aromatic N) is 4. The van der Waals surface area contributed by atoms with Crippen molar-refractivity contribution in [1.82, 2.24) is 30.3 Å². The molecule has 2 atom stereocenters. The van der Waals surface area contributed by atoms with Gasteiger partial charge in [-0.05, 0) is 31.4 Å². The lowest BCUT2D eigenvalue weighted by atomic mass is 10.1. The number of hydrogen-bond donors (Lipinski definition) is 2. The van der Waals surface area contributed by atoms with E-state index in [4.69, 9.17) is 0 Å². The Morgan fingerprint density at radius 2 is 2.26 bits per heavy atom. The van der Waals surface area contributed by atoms with Gasteiger partial charge in [0.25, 0.3) is 0 Å². The molecule has 2 aromatic heterocycles. The molecule has 3 heterocycles. The largest absolute Gasteiger partial charge is 0.337 e. The summed E-state index contributed by atoms with van der Waals surface area (Å²) in [4.78, 5) is 10.9. The van der Waals surface area contributed by atoms with Crippen molar-refractivity contribution < 1.29 is 0 Å². The Kier molecular flexibility index (Phi) is 5.74. The first-order chi connectivity index (χ1) is 11.3. The van der Waals surface area contributed by atoms with E-state index in [1.807, 2.05) is 37.2 Å². The highest BCUT2D eigenvalue weighted by Gasteiger charge is 2.22. The number of hydrazine groups is 1. The molecule has 0 amide bonds. The van der Waals surface area contributed by atoms with Gasteiger partial charge in [-0.2, -0.15) is 0 Å². The fourth-order valence-electron chi connectivity index (χ4n) is 3.12. The molecule has 2 unspecified atom stereocenters. The highest BCUT2D eigenvalue weighted by Crippen LogP contribution is 2.10. The summed E-state index contributed by atoms with van der Waals surface area (Å²) in [6.45, 7) is 6.30. The van der Waals surface area contributed by atoms with E-state index in [1.165, 1.54) is 12.0 Å². The second kappa shape index (κ2) is 8.19. The van der Waals surface area contributed by atoms with Crippen LogP contribution in [-0.2, 0) is 13.1 Å². The minimum Gasteiger partial charge on any atom is -0.337 e. The van der Waals surface area contributed by atoms with Crippen LogP contribution in [0, 0.1) is 0 Å². The zero-order valence-electron chi connectivity index (χ0n) is 13.7. The summed E-state index contributed by atoms with van der Waals surface area (Å²) < 4.78 is 2.14. The highest BCUT2D eigenvalue weighted by atomic mass is 15.4. The second-order valence-corrected chi connectivity index (χ2v) is 6.37. The molecule has 0 aromatic carbocycles. The van der Waals surface area contributed by atoms with Crippen LogP contribution >= 0.6 is 0 Å². The first-order valence-corrected chi connectivity index (χ1v) is 8.37. The Balaban J connectivity index is 1.53. The Morgan fingerprint density at radius 1 is 1.30 bits per heavy atom. The third-order valence-electron chi connectivity index (χ3n) is 4.23. The number of aromatic nitrogens is 3. The smallest absolute Gasteiger partial charge is 0.0945 e. The number of aryl methyl sites for hydroxylation is 1. The minimum atomic E-state index is 0.509. The predicted octanol–water partition coefficient (Wildman–Crippen LogP) is 1.43. The van der Waals surface area contributed by atoms with Gasteiger partial charge in [0.05, 0.1) is 6.33 Å². The fourth-order valence-corrected chi connectivity index (χ4v) is 3.12. The molecule has 1 aliphatic rings. The van der Waals surface area contributed by atoms with Crippen molar-refractivity contribution in [3.63, 3.8) is 0 Å². The fraction of sp³-hybridized carbons (Fsp3) is 0.529. The number of pyridine rings is 1. The molecule has 1 saturated heterocycles. The number of nitrogens with one attached hydrogen (secondary N) is 2. The van der Waals surface area contributed by atoms with Crippen molar-refractivity contribution in [2.75, 3.05) is 13.1 Å². The normalized spacial score (nSPS) is 21.1. The van der Waals surface area contributed by atoms with Crippen LogP contribution in [-0.4, -0.2) is 44.6 Å². The summed E-state index contributed by atoms with van der Waals surface area (Å²) in [5.74, 6) is 0. The van der Waals surface area contributed by atoms with Crippen molar-refractivity contribution in [3.05, 3.63) is 48.8 Å². The molecule has 124 valence electrons. The summed E-state index contributed by atoms with van der Waals surface area (Å²) in [7, 11) is 0. The van der Waals surface area contributed by atoms with Crippen LogP contribution in [0.15, 0.2) is 43.2 Å². The predicted molar refractivity (Wildman–Crippen MR) is 90.5 cm³/mol. The molecule has 23 heavy (non-hydrogen) atoms. The molecular weight excluding hydrogens is 288 g/mol. The standard InChI is InChI=1S/C17H26N6/c1-15-10-17(21-20-15)13-23(12-16-4-2-5-18-11-16)8-3-7-22-9-6-19-14-22/h2,4-6,9,11,14-15,17,20-21H,3,7-8,10,12-13H2,1H3. The molecule has 1 fully saturated rings. The van der Waals surface area contributed by atoms with E-state index in [9.17, 15) is 0 Å². The van der Waals surface area contributed by atoms with Crippen LogP contribution in [0.1, 0.15) is 25.3 Å². The molecule has 2 N–H and O–H groups in total. The Hall–Kier alpha value is -1.76. The van der Waals surface area contributed by atoms with Gasteiger partial charge in [-0.1, -0.05) is 6.07 Å². The van der Waals surface area contributed by atoms with E-state index in [0.717, 1.165) is 32.6 Å². The van der Waals surface area contributed by atoms with E-state index >= 15 is 0 Å². The average Bonchev–Trinajstić information content (AvgIpc) is 3.20. The summed E-state index contributed by atoms with van der Waals surface area (Å²) in [5, 5.41) is 0. The van der Waals surface area contributed by atoms with E-state index in [0.29, 0.717) is 12.1 Å². The van der Waals surface area contributed by atoms with Crippen molar-refractivity contribution >= 4 is 0 Å². The van der Waals surface area contributed by atoms with Gasteiger partial charge in [-0.3, -0.25) is 20.7 Å². The van der Waals surface area contributed by atoms with Crippen LogP contribution in [0.5, 0.6) is 0 Å². The van der Waals surface area contributed by atoms with Crippen molar-refractivity contribution in [2.45, 2.75) is 44.9 Å². The van der Waals surface area contributed by atoms with Gasteiger partial charge in [0, 0.05) is 63.1 Å². The van der Waals surface area contributed by atoms with Crippen LogP contribution in [0.2, 0.25) is 0 Å². The van der Waals surface area contributed by atoms with Gasteiger partial charge in [0.2, 0.25) is 0 Å². The van der Waals surface area contributed by atoms with Crippen molar-refractivity contribution in [1.29, 1.82) is 0 Å². The molecular formula is C17H26N6. The summed E-state index contributed by atoms with van der Waals surface area (Å²) in [5.41, 5.74) is 7.99. The molecule has 6 nitrogen and oxygen atoms in total. The maximum Gasteiger partial charge on any atom is 0.0945 e. The summed E-state index contributed by atoms with van der Waals surface area (Å²) in [6, 6.07) is 5.22.